The number of nitrogens with zero attached hydrogens (tertiary/aromatic N) is 3. The number of ether oxygens (including phenoxy) is 1. The Morgan fingerprint density at radius 2 is 2.20 bits per heavy atom. The van der Waals surface area contributed by atoms with Crippen LogP contribution in [0.25, 0.3) is 0 Å². The summed E-state index contributed by atoms with van der Waals surface area (Å²) in [6, 6.07) is -0.0673. The Labute approximate surface area is 90.6 Å². The number of hydrogen-bond donors (Lipinski definition) is 1. The van der Waals surface area contributed by atoms with E-state index in [1.165, 1.54) is 0 Å². The highest BCUT2D eigenvalue weighted by Gasteiger charge is 2.10. The lowest BCUT2D eigenvalue weighted by Gasteiger charge is -2.19. The minimum atomic E-state index is -0.107. The van der Waals surface area contributed by atoms with Gasteiger partial charge in [-0.1, -0.05) is 5.21 Å². The van der Waals surface area contributed by atoms with Gasteiger partial charge in [0.25, 0.3) is 0 Å². The molecule has 5 nitrogen and oxygen atoms in total. The van der Waals surface area contributed by atoms with Crippen molar-refractivity contribution in [2.24, 2.45) is 5.73 Å². The molecule has 1 unspecified atom stereocenters. The minimum absolute atomic E-state index is 0.0673. The summed E-state index contributed by atoms with van der Waals surface area (Å²) < 4.78 is 7.34. The maximum atomic E-state index is 5.68. The normalized spacial score (nSPS) is 14.2. The number of nitrogens with two attached hydrogens (primary N) is 1. The largest absolute Gasteiger partial charge is 0.374 e. The molecular formula is C10H20N4O. The fourth-order valence-corrected chi connectivity index (χ4v) is 1.08. The van der Waals surface area contributed by atoms with Gasteiger partial charge < -0.3 is 10.5 Å². The van der Waals surface area contributed by atoms with Crippen LogP contribution in [0.3, 0.4) is 0 Å². The molecule has 1 heterocycles. The van der Waals surface area contributed by atoms with Gasteiger partial charge in [0.05, 0.1) is 30.6 Å². The van der Waals surface area contributed by atoms with Crippen LogP contribution in [0.4, 0.5) is 0 Å². The van der Waals surface area contributed by atoms with E-state index < -0.39 is 0 Å². The second-order valence-corrected chi connectivity index (χ2v) is 4.66. The lowest BCUT2D eigenvalue weighted by atomic mass is 10.2. The molecule has 86 valence electrons. The number of hydrogen-bond acceptors (Lipinski definition) is 4. The topological polar surface area (TPSA) is 66.0 Å². The van der Waals surface area contributed by atoms with Crippen LogP contribution in [0.1, 0.15) is 39.4 Å². The molecule has 0 aliphatic rings. The molecule has 1 atom stereocenters. The molecule has 2 N–H and O–H groups in total. The third kappa shape index (κ3) is 4.40. The molecule has 0 bridgehead atoms. The molecule has 0 spiro atoms. The molecule has 1 aromatic heterocycles. The van der Waals surface area contributed by atoms with Crippen LogP contribution in [-0.2, 0) is 11.3 Å². The first-order chi connectivity index (χ1) is 6.88. The molecule has 0 radical (unpaired) electrons. The Hall–Kier alpha value is -0.940. The van der Waals surface area contributed by atoms with Crippen LogP contribution in [0, 0.1) is 0 Å². The van der Waals surface area contributed by atoms with Gasteiger partial charge in [-0.05, 0) is 27.7 Å². The first kappa shape index (κ1) is 12.1. The van der Waals surface area contributed by atoms with E-state index in [1.807, 2.05) is 33.9 Å². The smallest absolute Gasteiger partial charge is 0.0991 e. The summed E-state index contributed by atoms with van der Waals surface area (Å²) in [6.07, 6.45) is 1.86. The Morgan fingerprint density at radius 1 is 1.53 bits per heavy atom. The van der Waals surface area contributed by atoms with Crippen LogP contribution in [0.15, 0.2) is 6.20 Å². The zero-order valence-electron chi connectivity index (χ0n) is 9.90. The van der Waals surface area contributed by atoms with Crippen molar-refractivity contribution in [2.75, 3.05) is 6.61 Å². The van der Waals surface area contributed by atoms with Crippen LogP contribution in [0.2, 0.25) is 0 Å². The van der Waals surface area contributed by atoms with Crippen molar-refractivity contribution in [3.8, 4) is 0 Å². The Kier molecular flexibility index (Phi) is 3.82. The van der Waals surface area contributed by atoms with Crippen molar-refractivity contribution in [3.63, 3.8) is 0 Å². The van der Waals surface area contributed by atoms with E-state index in [0.29, 0.717) is 13.2 Å². The lowest BCUT2D eigenvalue weighted by Crippen LogP contribution is -2.22. The number of rotatable bonds is 4. The number of aromatic nitrogens is 3. The molecule has 15 heavy (non-hydrogen) atoms. The molecule has 0 saturated heterocycles. The predicted molar refractivity (Wildman–Crippen MR) is 58.3 cm³/mol. The van der Waals surface area contributed by atoms with Crippen LogP contribution in [-0.4, -0.2) is 27.2 Å². The van der Waals surface area contributed by atoms with E-state index in [-0.39, 0.29) is 11.6 Å². The monoisotopic (exact) mass is 212 g/mol. The van der Waals surface area contributed by atoms with Gasteiger partial charge in [-0.15, -0.1) is 5.10 Å². The highest BCUT2D eigenvalue weighted by atomic mass is 16.5. The van der Waals surface area contributed by atoms with Gasteiger partial charge in [0.1, 0.15) is 0 Å². The predicted octanol–water partition coefficient (Wildman–Crippen LogP) is 1.11. The van der Waals surface area contributed by atoms with Crippen molar-refractivity contribution in [1.82, 2.24) is 15.0 Å². The Bertz CT molecular complexity index is 301. The van der Waals surface area contributed by atoms with E-state index in [0.717, 1.165) is 5.69 Å². The second-order valence-electron chi connectivity index (χ2n) is 4.66. The molecule has 5 heteroatoms. The third-order valence-corrected chi connectivity index (χ3v) is 1.88. The summed E-state index contributed by atoms with van der Waals surface area (Å²) in [4.78, 5) is 0. The van der Waals surface area contributed by atoms with Crippen LogP contribution < -0.4 is 5.73 Å². The average molecular weight is 212 g/mol. The second kappa shape index (κ2) is 4.72. The van der Waals surface area contributed by atoms with Crippen LogP contribution in [0.5, 0.6) is 0 Å². The van der Waals surface area contributed by atoms with Gasteiger partial charge in [0.15, 0.2) is 0 Å². The van der Waals surface area contributed by atoms with E-state index in [9.17, 15) is 0 Å². The van der Waals surface area contributed by atoms with E-state index in [1.54, 1.807) is 4.68 Å². The molecule has 0 aliphatic heterocycles. The lowest BCUT2D eigenvalue weighted by molar-refractivity contribution is -0.00805. The Morgan fingerprint density at radius 3 is 2.67 bits per heavy atom. The quantitative estimate of drug-likeness (QED) is 0.812. The zero-order chi connectivity index (χ0) is 11.5. The molecule has 1 rings (SSSR count). The maximum Gasteiger partial charge on any atom is 0.0991 e. The molecule has 0 aromatic carbocycles. The molecule has 0 amide bonds. The third-order valence-electron chi connectivity index (χ3n) is 1.88. The minimum Gasteiger partial charge on any atom is -0.374 e. The van der Waals surface area contributed by atoms with Gasteiger partial charge >= 0.3 is 0 Å². The molecule has 1 aromatic rings. The highest BCUT2D eigenvalue weighted by Crippen LogP contribution is 2.07. The molecule has 0 fully saturated rings. The van der Waals surface area contributed by atoms with E-state index in [4.69, 9.17) is 10.5 Å². The first-order valence-corrected chi connectivity index (χ1v) is 5.18. The zero-order valence-corrected chi connectivity index (χ0v) is 9.90. The summed E-state index contributed by atoms with van der Waals surface area (Å²) in [5, 5.41) is 7.93. The SMILES string of the molecule is CC(N)c1cn(CCOC(C)(C)C)nn1. The fraction of sp³-hybridized carbons (Fsp3) is 0.800. The van der Waals surface area contributed by atoms with Crippen molar-refractivity contribution >= 4 is 0 Å². The van der Waals surface area contributed by atoms with E-state index >= 15 is 0 Å². The molecule has 0 saturated carbocycles. The summed E-state index contributed by atoms with van der Waals surface area (Å²) in [5.74, 6) is 0. The summed E-state index contributed by atoms with van der Waals surface area (Å²) in [7, 11) is 0. The summed E-state index contributed by atoms with van der Waals surface area (Å²) in [6.45, 7) is 9.31. The van der Waals surface area contributed by atoms with Gasteiger partial charge in [-0.3, -0.25) is 0 Å². The Balaban J connectivity index is 2.38. The van der Waals surface area contributed by atoms with Crippen molar-refractivity contribution in [3.05, 3.63) is 11.9 Å². The van der Waals surface area contributed by atoms with Gasteiger partial charge in [-0.2, -0.15) is 0 Å². The van der Waals surface area contributed by atoms with Crippen LogP contribution >= 0.6 is 0 Å². The molecule has 0 aliphatic carbocycles. The van der Waals surface area contributed by atoms with E-state index in [2.05, 4.69) is 10.3 Å². The van der Waals surface area contributed by atoms with Gasteiger partial charge in [0.2, 0.25) is 0 Å². The fourth-order valence-electron chi connectivity index (χ4n) is 1.08. The van der Waals surface area contributed by atoms with Crippen molar-refractivity contribution in [1.29, 1.82) is 0 Å². The van der Waals surface area contributed by atoms with Gasteiger partial charge in [0, 0.05) is 6.04 Å². The summed E-state index contributed by atoms with van der Waals surface area (Å²) in [5.41, 5.74) is 6.38. The summed E-state index contributed by atoms with van der Waals surface area (Å²) >= 11 is 0. The average Bonchev–Trinajstić information content (AvgIpc) is 2.50. The first-order valence-electron chi connectivity index (χ1n) is 5.18. The molecular weight excluding hydrogens is 192 g/mol. The maximum absolute atomic E-state index is 5.68. The van der Waals surface area contributed by atoms with Crippen molar-refractivity contribution < 1.29 is 4.74 Å². The van der Waals surface area contributed by atoms with Crippen molar-refractivity contribution in [2.45, 2.75) is 45.9 Å². The highest BCUT2D eigenvalue weighted by molar-refractivity contribution is 4.97. The standard InChI is InChI=1S/C10H20N4O/c1-8(11)9-7-14(13-12-9)5-6-15-10(2,3)4/h7-8H,5-6,11H2,1-4H3. The van der Waals surface area contributed by atoms with Gasteiger partial charge in [-0.25, -0.2) is 4.68 Å².